The fraction of sp³-hybridized carbons (Fsp3) is 0.400. The SMILES string of the molecule is C=CCCOC1CCC(C(=O)Oc2ccc(/C=C/C(=O)O)cc2)CC1. The van der Waals surface area contributed by atoms with Crippen LogP contribution in [0, 0.1) is 5.92 Å². The first-order valence-electron chi connectivity index (χ1n) is 8.53. The summed E-state index contributed by atoms with van der Waals surface area (Å²) in [5, 5.41) is 8.60. The number of carbonyl (C=O) groups is 2. The third-order valence-corrected chi connectivity index (χ3v) is 4.20. The molecule has 25 heavy (non-hydrogen) atoms. The number of hydrogen-bond donors (Lipinski definition) is 1. The van der Waals surface area contributed by atoms with Crippen LogP contribution in [0.5, 0.6) is 5.75 Å². The van der Waals surface area contributed by atoms with Crippen LogP contribution in [0.3, 0.4) is 0 Å². The van der Waals surface area contributed by atoms with Gasteiger partial charge in [0.1, 0.15) is 5.75 Å². The molecule has 0 aliphatic heterocycles. The number of carboxylic acids is 1. The molecule has 0 spiro atoms. The van der Waals surface area contributed by atoms with E-state index < -0.39 is 5.97 Å². The molecule has 0 heterocycles. The molecular formula is C20H24O5. The van der Waals surface area contributed by atoms with E-state index in [0.29, 0.717) is 12.4 Å². The Balaban J connectivity index is 1.78. The lowest BCUT2D eigenvalue weighted by Crippen LogP contribution is -2.29. The second kappa shape index (κ2) is 9.79. The van der Waals surface area contributed by atoms with Crippen LogP contribution in [0.15, 0.2) is 43.0 Å². The summed E-state index contributed by atoms with van der Waals surface area (Å²) >= 11 is 0. The van der Waals surface area contributed by atoms with Crippen molar-refractivity contribution in [2.24, 2.45) is 5.92 Å². The lowest BCUT2D eigenvalue weighted by Gasteiger charge is -2.27. The Kier molecular flexibility index (Phi) is 7.41. The zero-order valence-electron chi connectivity index (χ0n) is 14.2. The Morgan fingerprint density at radius 3 is 2.44 bits per heavy atom. The van der Waals surface area contributed by atoms with Crippen molar-refractivity contribution in [1.29, 1.82) is 0 Å². The lowest BCUT2D eigenvalue weighted by molar-refractivity contribution is -0.141. The van der Waals surface area contributed by atoms with Gasteiger partial charge in [0, 0.05) is 6.08 Å². The highest BCUT2D eigenvalue weighted by atomic mass is 16.5. The standard InChI is InChI=1S/C20H24O5/c1-2-3-14-24-17-11-7-16(8-12-17)20(23)25-18-9-4-15(5-10-18)6-13-19(21)22/h2,4-6,9-10,13,16-17H,1,3,7-8,11-12,14H2,(H,21,22)/b13-6+. The number of aliphatic carboxylic acids is 1. The molecule has 1 aliphatic carbocycles. The summed E-state index contributed by atoms with van der Waals surface area (Å²) in [4.78, 5) is 22.8. The van der Waals surface area contributed by atoms with E-state index in [0.717, 1.165) is 43.7 Å². The number of esters is 1. The minimum atomic E-state index is -1.00. The molecule has 0 unspecified atom stereocenters. The Hall–Kier alpha value is -2.40. The van der Waals surface area contributed by atoms with Gasteiger partial charge in [-0.1, -0.05) is 18.2 Å². The molecule has 0 aromatic heterocycles. The van der Waals surface area contributed by atoms with Crippen molar-refractivity contribution >= 4 is 18.0 Å². The molecule has 0 atom stereocenters. The van der Waals surface area contributed by atoms with Crippen molar-refractivity contribution in [3.63, 3.8) is 0 Å². The molecule has 5 nitrogen and oxygen atoms in total. The molecule has 2 rings (SSSR count). The maximum absolute atomic E-state index is 12.3. The smallest absolute Gasteiger partial charge is 0.328 e. The van der Waals surface area contributed by atoms with Gasteiger partial charge in [0.15, 0.2) is 0 Å². The van der Waals surface area contributed by atoms with Crippen LogP contribution in [0.2, 0.25) is 0 Å². The highest BCUT2D eigenvalue weighted by Gasteiger charge is 2.28. The van der Waals surface area contributed by atoms with Gasteiger partial charge in [-0.15, -0.1) is 6.58 Å². The number of benzene rings is 1. The Bertz CT molecular complexity index is 609. The van der Waals surface area contributed by atoms with Crippen LogP contribution < -0.4 is 4.74 Å². The van der Waals surface area contributed by atoms with E-state index in [4.69, 9.17) is 14.6 Å². The monoisotopic (exact) mass is 344 g/mol. The molecule has 5 heteroatoms. The van der Waals surface area contributed by atoms with E-state index in [1.807, 2.05) is 6.08 Å². The van der Waals surface area contributed by atoms with E-state index in [9.17, 15) is 9.59 Å². The molecule has 0 amide bonds. The van der Waals surface area contributed by atoms with Gasteiger partial charge < -0.3 is 14.6 Å². The van der Waals surface area contributed by atoms with Crippen LogP contribution >= 0.6 is 0 Å². The highest BCUT2D eigenvalue weighted by molar-refractivity contribution is 5.85. The summed E-state index contributed by atoms with van der Waals surface area (Å²) < 4.78 is 11.2. The third kappa shape index (κ3) is 6.55. The molecule has 1 aromatic carbocycles. The Labute approximate surface area is 147 Å². The van der Waals surface area contributed by atoms with Crippen molar-refractivity contribution in [3.8, 4) is 5.75 Å². The van der Waals surface area contributed by atoms with Crippen LogP contribution in [-0.4, -0.2) is 29.8 Å². The highest BCUT2D eigenvalue weighted by Crippen LogP contribution is 2.28. The van der Waals surface area contributed by atoms with Gasteiger partial charge in [-0.2, -0.15) is 0 Å². The van der Waals surface area contributed by atoms with Gasteiger partial charge in [-0.05, 0) is 55.9 Å². The Morgan fingerprint density at radius 1 is 1.16 bits per heavy atom. The third-order valence-electron chi connectivity index (χ3n) is 4.20. The summed E-state index contributed by atoms with van der Waals surface area (Å²) in [7, 11) is 0. The van der Waals surface area contributed by atoms with Crippen LogP contribution in [0.1, 0.15) is 37.7 Å². The second-order valence-electron chi connectivity index (χ2n) is 6.08. The first-order chi connectivity index (χ1) is 12.1. The second-order valence-corrected chi connectivity index (χ2v) is 6.08. The van der Waals surface area contributed by atoms with Crippen LogP contribution in [0.25, 0.3) is 6.08 Å². The minimum Gasteiger partial charge on any atom is -0.478 e. The zero-order valence-corrected chi connectivity index (χ0v) is 14.2. The molecular weight excluding hydrogens is 320 g/mol. The molecule has 1 aliphatic rings. The van der Waals surface area contributed by atoms with Crippen molar-refractivity contribution in [1.82, 2.24) is 0 Å². The van der Waals surface area contributed by atoms with E-state index >= 15 is 0 Å². The predicted molar refractivity (Wildman–Crippen MR) is 95.3 cm³/mol. The summed E-state index contributed by atoms with van der Waals surface area (Å²) in [5.74, 6) is -0.828. The molecule has 1 N–H and O–H groups in total. The summed E-state index contributed by atoms with van der Waals surface area (Å²) in [5.41, 5.74) is 0.736. The van der Waals surface area contributed by atoms with Gasteiger partial charge in [0.25, 0.3) is 0 Å². The van der Waals surface area contributed by atoms with Crippen molar-refractivity contribution < 1.29 is 24.2 Å². The first-order valence-corrected chi connectivity index (χ1v) is 8.53. The lowest BCUT2D eigenvalue weighted by atomic mass is 9.87. The average Bonchev–Trinajstić information content (AvgIpc) is 2.62. The quantitative estimate of drug-likeness (QED) is 0.255. The van der Waals surface area contributed by atoms with E-state index in [-0.39, 0.29) is 18.0 Å². The molecule has 0 radical (unpaired) electrons. The maximum Gasteiger partial charge on any atom is 0.328 e. The number of hydrogen-bond acceptors (Lipinski definition) is 4. The molecule has 1 aromatic rings. The minimum absolute atomic E-state index is 0.0918. The van der Waals surface area contributed by atoms with E-state index in [2.05, 4.69) is 6.58 Å². The van der Waals surface area contributed by atoms with Crippen molar-refractivity contribution in [2.75, 3.05) is 6.61 Å². The van der Waals surface area contributed by atoms with Gasteiger partial charge >= 0.3 is 11.9 Å². The van der Waals surface area contributed by atoms with Crippen molar-refractivity contribution in [3.05, 3.63) is 48.6 Å². The average molecular weight is 344 g/mol. The fourth-order valence-corrected chi connectivity index (χ4v) is 2.80. The van der Waals surface area contributed by atoms with Crippen molar-refractivity contribution in [2.45, 2.75) is 38.2 Å². The largest absolute Gasteiger partial charge is 0.478 e. The van der Waals surface area contributed by atoms with Crippen LogP contribution in [-0.2, 0) is 14.3 Å². The summed E-state index contributed by atoms with van der Waals surface area (Å²) in [6.45, 7) is 4.36. The van der Waals surface area contributed by atoms with Gasteiger partial charge in [-0.25, -0.2) is 4.79 Å². The molecule has 0 saturated heterocycles. The number of ether oxygens (including phenoxy) is 2. The summed E-state index contributed by atoms with van der Waals surface area (Å²) in [6.07, 6.45) is 8.76. The number of carbonyl (C=O) groups excluding carboxylic acids is 1. The molecule has 1 fully saturated rings. The van der Waals surface area contributed by atoms with E-state index in [1.165, 1.54) is 6.08 Å². The maximum atomic E-state index is 12.3. The number of carboxylic acid groups (broad SMARTS) is 1. The van der Waals surface area contributed by atoms with Gasteiger partial charge in [0.05, 0.1) is 18.6 Å². The van der Waals surface area contributed by atoms with Gasteiger partial charge in [0.2, 0.25) is 0 Å². The molecule has 134 valence electrons. The fourth-order valence-electron chi connectivity index (χ4n) is 2.80. The predicted octanol–water partition coefficient (Wildman–Crippen LogP) is 3.84. The summed E-state index contributed by atoms with van der Waals surface area (Å²) in [6, 6.07) is 6.77. The first kappa shape index (κ1) is 18.9. The zero-order chi connectivity index (χ0) is 18.1. The molecule has 0 bridgehead atoms. The van der Waals surface area contributed by atoms with Gasteiger partial charge in [-0.3, -0.25) is 4.79 Å². The molecule has 1 saturated carbocycles. The number of rotatable bonds is 8. The van der Waals surface area contributed by atoms with E-state index in [1.54, 1.807) is 24.3 Å². The topological polar surface area (TPSA) is 72.8 Å². The van der Waals surface area contributed by atoms with Crippen LogP contribution in [0.4, 0.5) is 0 Å². The normalized spacial score (nSPS) is 20.3. The Morgan fingerprint density at radius 2 is 1.84 bits per heavy atom.